The van der Waals surface area contributed by atoms with Crippen LogP contribution in [-0.4, -0.2) is 32.6 Å². The van der Waals surface area contributed by atoms with Crippen LogP contribution < -0.4 is 10.1 Å². The van der Waals surface area contributed by atoms with Gasteiger partial charge in [0.05, 0.1) is 18.0 Å². The summed E-state index contributed by atoms with van der Waals surface area (Å²) in [6.45, 7) is 7.59. The Hall–Kier alpha value is -4.58. The molecule has 0 unspecified atom stereocenters. The van der Waals surface area contributed by atoms with Crippen molar-refractivity contribution >= 4 is 5.65 Å². The third-order valence-corrected chi connectivity index (χ3v) is 7.54. The van der Waals surface area contributed by atoms with E-state index < -0.39 is 0 Å². The normalized spacial score (nSPS) is 11.1. The van der Waals surface area contributed by atoms with Gasteiger partial charge in [-0.25, -0.2) is 9.97 Å². The Morgan fingerprint density at radius 1 is 0.791 bits per heavy atom. The van der Waals surface area contributed by atoms with Gasteiger partial charge in [-0.3, -0.25) is 4.40 Å². The summed E-state index contributed by atoms with van der Waals surface area (Å²) in [4.78, 5) is 9.90. The quantitative estimate of drug-likeness (QED) is 0.116. The van der Waals surface area contributed by atoms with E-state index in [4.69, 9.17) is 14.7 Å². The molecule has 0 aliphatic heterocycles. The number of imidazole rings is 1. The Kier molecular flexibility index (Phi) is 10.5. The minimum atomic E-state index is 0.144. The van der Waals surface area contributed by atoms with Crippen LogP contribution in [0.4, 0.5) is 0 Å². The SMILES string of the molecule is C=C(C)NCCCCCCCCOc1cccc(Cc2nc3c(Cc4ccccc4)nc(-c4ccccc4)cn3c2O)c1. The molecule has 2 aromatic heterocycles. The third kappa shape index (κ3) is 8.48. The van der Waals surface area contributed by atoms with Crippen molar-refractivity contribution in [2.24, 2.45) is 0 Å². The Bertz CT molecular complexity index is 1610. The molecule has 5 rings (SSSR count). The zero-order valence-electron chi connectivity index (χ0n) is 25.1. The van der Waals surface area contributed by atoms with Crippen molar-refractivity contribution in [1.82, 2.24) is 19.7 Å². The average molecular weight is 575 g/mol. The number of rotatable bonds is 16. The zero-order chi connectivity index (χ0) is 29.9. The monoisotopic (exact) mass is 574 g/mol. The van der Waals surface area contributed by atoms with Crippen molar-refractivity contribution in [3.05, 3.63) is 126 Å². The smallest absolute Gasteiger partial charge is 0.219 e. The van der Waals surface area contributed by atoms with E-state index in [0.717, 1.165) is 52.5 Å². The summed E-state index contributed by atoms with van der Waals surface area (Å²) in [5, 5.41) is 14.6. The van der Waals surface area contributed by atoms with Gasteiger partial charge < -0.3 is 15.2 Å². The lowest BCUT2D eigenvalue weighted by Gasteiger charge is -2.08. The van der Waals surface area contributed by atoms with Crippen molar-refractivity contribution in [2.75, 3.05) is 13.2 Å². The van der Waals surface area contributed by atoms with Gasteiger partial charge in [-0.05, 0) is 43.0 Å². The standard InChI is InChI=1S/C37H42N4O2/c1-28(2)38-22-13-5-3-4-6-14-23-43-32-21-15-18-30(24-32)26-34-37(42)41-27-35(31-19-11-8-12-20-31)39-33(36(41)40-34)25-29-16-9-7-10-17-29/h7-12,15-21,24,27,38,42H,1,3-6,13-14,22-23,25-26H2,2H3. The molecule has 0 aliphatic carbocycles. The second-order valence-corrected chi connectivity index (χ2v) is 11.2. The van der Waals surface area contributed by atoms with Crippen LogP contribution in [0.1, 0.15) is 68.0 Å². The topological polar surface area (TPSA) is 71.7 Å². The maximum Gasteiger partial charge on any atom is 0.219 e. The summed E-state index contributed by atoms with van der Waals surface area (Å²) >= 11 is 0. The molecule has 0 saturated heterocycles. The van der Waals surface area contributed by atoms with E-state index in [9.17, 15) is 5.11 Å². The number of aromatic hydroxyl groups is 1. The average Bonchev–Trinajstić information content (AvgIpc) is 3.34. The number of unbranched alkanes of at least 4 members (excludes halogenated alkanes) is 5. The molecule has 3 aromatic carbocycles. The van der Waals surface area contributed by atoms with Crippen LogP contribution in [0, 0.1) is 0 Å². The van der Waals surface area contributed by atoms with Gasteiger partial charge in [-0.15, -0.1) is 0 Å². The molecule has 0 amide bonds. The highest BCUT2D eigenvalue weighted by Gasteiger charge is 2.18. The van der Waals surface area contributed by atoms with Gasteiger partial charge in [0.25, 0.3) is 0 Å². The highest BCUT2D eigenvalue weighted by atomic mass is 16.5. The molecule has 0 saturated carbocycles. The molecule has 5 aromatic rings. The first-order valence-corrected chi connectivity index (χ1v) is 15.4. The van der Waals surface area contributed by atoms with Crippen molar-refractivity contribution in [2.45, 2.75) is 58.3 Å². The number of hydrogen-bond donors (Lipinski definition) is 2. The molecule has 6 nitrogen and oxygen atoms in total. The summed E-state index contributed by atoms with van der Waals surface area (Å²) in [7, 11) is 0. The number of benzene rings is 3. The second-order valence-electron chi connectivity index (χ2n) is 11.2. The first-order valence-electron chi connectivity index (χ1n) is 15.4. The maximum absolute atomic E-state index is 11.3. The Labute approximate surface area is 255 Å². The Morgan fingerprint density at radius 2 is 1.47 bits per heavy atom. The zero-order valence-corrected chi connectivity index (χ0v) is 25.1. The minimum Gasteiger partial charge on any atom is -0.494 e. The molecule has 0 aliphatic rings. The fraction of sp³-hybridized carbons (Fsp3) is 0.297. The third-order valence-electron chi connectivity index (χ3n) is 7.54. The van der Waals surface area contributed by atoms with Crippen LogP contribution in [-0.2, 0) is 12.8 Å². The first-order chi connectivity index (χ1) is 21.1. The molecule has 0 bridgehead atoms. The lowest BCUT2D eigenvalue weighted by molar-refractivity contribution is 0.304. The first kappa shape index (κ1) is 29.9. The number of fused-ring (bicyclic) bond motifs is 1. The number of hydrogen-bond acceptors (Lipinski definition) is 5. The summed E-state index contributed by atoms with van der Waals surface area (Å²) in [5.41, 5.74) is 7.15. The molecule has 43 heavy (non-hydrogen) atoms. The molecule has 2 N–H and O–H groups in total. The number of aromatic nitrogens is 3. The summed E-state index contributed by atoms with van der Waals surface area (Å²) in [6.07, 6.45) is 10.1. The fourth-order valence-electron chi connectivity index (χ4n) is 5.28. The summed E-state index contributed by atoms with van der Waals surface area (Å²) in [5.74, 6) is 0.995. The number of allylic oxidation sites excluding steroid dienone is 1. The van der Waals surface area contributed by atoms with Gasteiger partial charge in [-0.2, -0.15) is 0 Å². The van der Waals surface area contributed by atoms with Crippen molar-refractivity contribution < 1.29 is 9.84 Å². The maximum atomic E-state index is 11.3. The lowest BCUT2D eigenvalue weighted by Crippen LogP contribution is -2.11. The number of nitrogens with zero attached hydrogens (tertiary/aromatic N) is 3. The predicted molar refractivity (Wildman–Crippen MR) is 175 cm³/mol. The van der Waals surface area contributed by atoms with E-state index >= 15 is 0 Å². The predicted octanol–water partition coefficient (Wildman–Crippen LogP) is 8.13. The second kappa shape index (κ2) is 15.1. The number of ether oxygens (including phenoxy) is 1. The van der Waals surface area contributed by atoms with Gasteiger partial charge in [0.15, 0.2) is 5.65 Å². The summed E-state index contributed by atoms with van der Waals surface area (Å²) < 4.78 is 7.86. The van der Waals surface area contributed by atoms with Crippen molar-refractivity contribution in [3.8, 4) is 22.9 Å². The van der Waals surface area contributed by atoms with E-state index in [-0.39, 0.29) is 5.88 Å². The molecular formula is C37H42N4O2. The van der Waals surface area contributed by atoms with Crippen LogP contribution in [0.3, 0.4) is 0 Å². The van der Waals surface area contributed by atoms with Crippen LogP contribution in [0.5, 0.6) is 11.6 Å². The lowest BCUT2D eigenvalue weighted by atomic mass is 10.1. The van der Waals surface area contributed by atoms with E-state index in [1.165, 1.54) is 32.1 Å². The van der Waals surface area contributed by atoms with E-state index in [1.54, 1.807) is 4.40 Å². The molecular weight excluding hydrogens is 532 g/mol. The molecule has 6 heteroatoms. The van der Waals surface area contributed by atoms with Gasteiger partial charge in [-0.1, -0.05) is 105 Å². The molecule has 2 heterocycles. The van der Waals surface area contributed by atoms with Crippen molar-refractivity contribution in [3.63, 3.8) is 0 Å². The van der Waals surface area contributed by atoms with E-state index in [1.807, 2.05) is 73.8 Å². The van der Waals surface area contributed by atoms with Crippen LogP contribution in [0.2, 0.25) is 0 Å². The van der Waals surface area contributed by atoms with Gasteiger partial charge >= 0.3 is 0 Å². The molecule has 0 radical (unpaired) electrons. The molecule has 0 spiro atoms. The number of nitrogens with one attached hydrogen (secondary N) is 1. The van der Waals surface area contributed by atoms with Gasteiger partial charge in [0.2, 0.25) is 5.88 Å². The minimum absolute atomic E-state index is 0.144. The highest BCUT2D eigenvalue weighted by molar-refractivity contribution is 5.63. The van der Waals surface area contributed by atoms with E-state index in [0.29, 0.717) is 30.8 Å². The van der Waals surface area contributed by atoms with Crippen LogP contribution in [0.15, 0.2) is 103 Å². The summed E-state index contributed by atoms with van der Waals surface area (Å²) in [6, 6.07) is 28.4. The van der Waals surface area contributed by atoms with Crippen LogP contribution >= 0.6 is 0 Å². The largest absolute Gasteiger partial charge is 0.494 e. The fourth-order valence-corrected chi connectivity index (χ4v) is 5.28. The van der Waals surface area contributed by atoms with Gasteiger partial charge in [0, 0.05) is 36.8 Å². The molecule has 0 atom stereocenters. The molecule has 0 fully saturated rings. The van der Waals surface area contributed by atoms with Gasteiger partial charge in [0.1, 0.15) is 11.4 Å². The van der Waals surface area contributed by atoms with Crippen molar-refractivity contribution in [1.29, 1.82) is 0 Å². The van der Waals surface area contributed by atoms with E-state index in [2.05, 4.69) is 36.2 Å². The molecule has 222 valence electrons. The van der Waals surface area contributed by atoms with Crippen LogP contribution in [0.25, 0.3) is 16.9 Å². The Morgan fingerprint density at radius 3 is 2.23 bits per heavy atom. The Balaban J connectivity index is 1.24. The highest BCUT2D eigenvalue weighted by Crippen LogP contribution is 2.29.